The maximum absolute atomic E-state index is 12.1. The van der Waals surface area contributed by atoms with Crippen molar-refractivity contribution in [1.29, 1.82) is 0 Å². The molecule has 0 aliphatic rings. The van der Waals surface area contributed by atoms with Crippen molar-refractivity contribution in [2.24, 2.45) is 0 Å². The lowest BCUT2D eigenvalue weighted by atomic mass is 10.2. The Kier molecular flexibility index (Phi) is 6.59. The monoisotopic (exact) mass is 381 g/mol. The summed E-state index contributed by atoms with van der Waals surface area (Å²) in [5.74, 6) is 1.05. The van der Waals surface area contributed by atoms with Gasteiger partial charge in [0, 0.05) is 30.2 Å². The van der Waals surface area contributed by atoms with Crippen LogP contribution in [0.25, 0.3) is 17.1 Å². The predicted octanol–water partition coefficient (Wildman–Crippen LogP) is 3.65. The molecule has 0 fully saturated rings. The highest BCUT2D eigenvalue weighted by atomic mass is 32.2. The molecule has 0 bridgehead atoms. The number of rotatable bonds is 8. The summed E-state index contributed by atoms with van der Waals surface area (Å²) in [5.41, 5.74) is 3.05. The van der Waals surface area contributed by atoms with Gasteiger partial charge in [0.2, 0.25) is 5.91 Å². The van der Waals surface area contributed by atoms with Gasteiger partial charge in [-0.2, -0.15) is 0 Å². The summed E-state index contributed by atoms with van der Waals surface area (Å²) < 4.78 is 1.99. The molecule has 1 amide bonds. The van der Waals surface area contributed by atoms with E-state index >= 15 is 0 Å². The van der Waals surface area contributed by atoms with Crippen molar-refractivity contribution in [3.63, 3.8) is 0 Å². The molecule has 0 spiro atoms. The van der Waals surface area contributed by atoms with Crippen LogP contribution in [0.1, 0.15) is 25.3 Å². The molecular weight excluding hydrogens is 358 g/mol. The van der Waals surface area contributed by atoms with E-state index in [1.807, 2.05) is 41.8 Å². The van der Waals surface area contributed by atoms with Crippen LogP contribution in [0.4, 0.5) is 0 Å². The average molecular weight is 382 g/mol. The standard InChI is InChI=1S/C20H23N5OS/c1-3-4-10-22-18(26)14-27-20-24-23-19(16-8-11-21-12-9-16)25(20)17-7-5-6-15(2)13-17/h5-9,11-13H,3-4,10,14H2,1-2H3,(H,22,26). The summed E-state index contributed by atoms with van der Waals surface area (Å²) in [6, 6.07) is 12.0. The summed E-state index contributed by atoms with van der Waals surface area (Å²) >= 11 is 1.39. The van der Waals surface area contributed by atoms with Crippen LogP contribution in [0.15, 0.2) is 53.9 Å². The number of benzene rings is 1. The third-order valence-electron chi connectivity index (χ3n) is 4.02. The van der Waals surface area contributed by atoms with E-state index in [9.17, 15) is 4.79 Å². The molecule has 0 saturated heterocycles. The topological polar surface area (TPSA) is 72.7 Å². The SMILES string of the molecule is CCCCNC(=O)CSc1nnc(-c2ccncc2)n1-c1cccc(C)c1. The number of thioether (sulfide) groups is 1. The molecule has 2 aromatic heterocycles. The lowest BCUT2D eigenvalue weighted by Gasteiger charge is -2.11. The van der Waals surface area contributed by atoms with Crippen LogP contribution < -0.4 is 5.32 Å². The fourth-order valence-electron chi connectivity index (χ4n) is 2.64. The zero-order valence-corrected chi connectivity index (χ0v) is 16.4. The van der Waals surface area contributed by atoms with Crippen molar-refractivity contribution in [3.8, 4) is 17.1 Å². The van der Waals surface area contributed by atoms with Gasteiger partial charge in [0.15, 0.2) is 11.0 Å². The zero-order valence-electron chi connectivity index (χ0n) is 15.6. The molecule has 0 aliphatic carbocycles. The van der Waals surface area contributed by atoms with E-state index in [1.165, 1.54) is 11.8 Å². The first-order valence-corrected chi connectivity index (χ1v) is 10.00. The second-order valence-corrected chi connectivity index (χ2v) is 7.15. The number of carbonyl (C=O) groups excluding carboxylic acids is 1. The summed E-state index contributed by atoms with van der Waals surface area (Å²) in [5, 5.41) is 12.3. The number of hydrogen-bond donors (Lipinski definition) is 1. The molecule has 0 unspecified atom stereocenters. The van der Waals surface area contributed by atoms with Gasteiger partial charge in [-0.25, -0.2) is 0 Å². The third-order valence-corrected chi connectivity index (χ3v) is 4.95. The molecule has 2 heterocycles. The highest BCUT2D eigenvalue weighted by Crippen LogP contribution is 2.28. The molecule has 7 heteroatoms. The lowest BCUT2D eigenvalue weighted by Crippen LogP contribution is -2.26. The van der Waals surface area contributed by atoms with Crippen molar-refractivity contribution in [3.05, 3.63) is 54.4 Å². The van der Waals surface area contributed by atoms with Gasteiger partial charge in [0.1, 0.15) is 0 Å². The molecule has 6 nitrogen and oxygen atoms in total. The Labute approximate surface area is 163 Å². The normalized spacial score (nSPS) is 10.7. The van der Waals surface area contributed by atoms with Gasteiger partial charge >= 0.3 is 0 Å². The predicted molar refractivity (Wildman–Crippen MR) is 108 cm³/mol. The third kappa shape index (κ3) is 4.95. The Bertz CT molecular complexity index is 894. The van der Waals surface area contributed by atoms with E-state index in [0.717, 1.165) is 35.5 Å². The maximum atomic E-state index is 12.1. The van der Waals surface area contributed by atoms with Crippen molar-refractivity contribution >= 4 is 17.7 Å². The Morgan fingerprint density at radius 1 is 1.19 bits per heavy atom. The number of aromatic nitrogens is 4. The van der Waals surface area contributed by atoms with E-state index in [0.29, 0.717) is 17.5 Å². The molecule has 1 N–H and O–H groups in total. The first kappa shape index (κ1) is 19.1. The van der Waals surface area contributed by atoms with Crippen molar-refractivity contribution < 1.29 is 4.79 Å². The minimum Gasteiger partial charge on any atom is -0.355 e. The highest BCUT2D eigenvalue weighted by molar-refractivity contribution is 7.99. The maximum Gasteiger partial charge on any atom is 0.230 e. The van der Waals surface area contributed by atoms with Crippen molar-refractivity contribution in [2.75, 3.05) is 12.3 Å². The van der Waals surface area contributed by atoms with Crippen LogP contribution >= 0.6 is 11.8 Å². The molecule has 1 aromatic carbocycles. The van der Waals surface area contributed by atoms with E-state index < -0.39 is 0 Å². The molecule has 0 aliphatic heterocycles. The Morgan fingerprint density at radius 2 is 2.00 bits per heavy atom. The molecule has 0 atom stereocenters. The number of nitrogens with zero attached hydrogens (tertiary/aromatic N) is 4. The van der Waals surface area contributed by atoms with E-state index in [4.69, 9.17) is 0 Å². The fourth-order valence-corrected chi connectivity index (χ4v) is 3.42. The quantitative estimate of drug-likeness (QED) is 0.476. The van der Waals surface area contributed by atoms with Crippen molar-refractivity contribution in [2.45, 2.75) is 31.8 Å². The number of unbranched alkanes of at least 4 members (excludes halogenated alkanes) is 1. The van der Waals surface area contributed by atoms with Crippen LogP contribution in [-0.4, -0.2) is 38.0 Å². The van der Waals surface area contributed by atoms with Crippen molar-refractivity contribution in [1.82, 2.24) is 25.1 Å². The fraction of sp³-hybridized carbons (Fsp3) is 0.300. The Hall–Kier alpha value is -2.67. The molecule has 27 heavy (non-hydrogen) atoms. The number of pyridine rings is 1. The first-order valence-electron chi connectivity index (χ1n) is 9.01. The van der Waals surface area contributed by atoms with Crippen LogP contribution in [0, 0.1) is 6.92 Å². The lowest BCUT2D eigenvalue weighted by molar-refractivity contribution is -0.118. The summed E-state index contributed by atoms with van der Waals surface area (Å²) in [4.78, 5) is 16.1. The largest absolute Gasteiger partial charge is 0.355 e. The van der Waals surface area contributed by atoms with E-state index in [2.05, 4.69) is 33.5 Å². The molecule has 3 aromatic rings. The summed E-state index contributed by atoms with van der Waals surface area (Å²) in [7, 11) is 0. The minimum absolute atomic E-state index is 0.0118. The number of nitrogens with one attached hydrogen (secondary N) is 1. The number of carbonyl (C=O) groups is 1. The van der Waals surface area contributed by atoms with Gasteiger partial charge < -0.3 is 5.32 Å². The van der Waals surface area contributed by atoms with Gasteiger partial charge in [-0.15, -0.1) is 10.2 Å². The smallest absolute Gasteiger partial charge is 0.230 e. The summed E-state index contributed by atoms with van der Waals surface area (Å²) in [6.45, 7) is 4.86. The number of amides is 1. The van der Waals surface area contributed by atoms with E-state index in [1.54, 1.807) is 12.4 Å². The molecule has 0 radical (unpaired) electrons. The Balaban J connectivity index is 1.88. The van der Waals surface area contributed by atoms with Crippen LogP contribution in [0.2, 0.25) is 0 Å². The van der Waals surface area contributed by atoms with Gasteiger partial charge in [-0.05, 0) is 43.2 Å². The highest BCUT2D eigenvalue weighted by Gasteiger charge is 2.17. The molecule has 140 valence electrons. The molecular formula is C20H23N5OS. The first-order chi connectivity index (χ1) is 13.2. The minimum atomic E-state index is 0.0118. The number of hydrogen-bond acceptors (Lipinski definition) is 5. The van der Waals surface area contributed by atoms with Crippen LogP contribution in [-0.2, 0) is 4.79 Å². The molecule has 3 rings (SSSR count). The Morgan fingerprint density at radius 3 is 2.74 bits per heavy atom. The summed E-state index contributed by atoms with van der Waals surface area (Å²) in [6.07, 6.45) is 5.52. The second-order valence-electron chi connectivity index (χ2n) is 6.21. The molecule has 0 saturated carbocycles. The van der Waals surface area contributed by atoms with Gasteiger partial charge in [0.05, 0.1) is 5.75 Å². The van der Waals surface area contributed by atoms with Gasteiger partial charge in [-0.1, -0.05) is 37.2 Å². The van der Waals surface area contributed by atoms with Gasteiger partial charge in [-0.3, -0.25) is 14.3 Å². The number of aryl methyl sites for hydroxylation is 1. The van der Waals surface area contributed by atoms with Crippen LogP contribution in [0.5, 0.6) is 0 Å². The average Bonchev–Trinajstić information content (AvgIpc) is 3.11. The van der Waals surface area contributed by atoms with Crippen LogP contribution in [0.3, 0.4) is 0 Å². The van der Waals surface area contributed by atoms with E-state index in [-0.39, 0.29) is 5.91 Å². The second kappa shape index (κ2) is 9.32. The zero-order chi connectivity index (χ0) is 19.1. The van der Waals surface area contributed by atoms with Gasteiger partial charge in [0.25, 0.3) is 0 Å².